The topological polar surface area (TPSA) is 32.3 Å². The van der Waals surface area contributed by atoms with Crippen molar-refractivity contribution in [1.82, 2.24) is 10.2 Å². The first-order chi connectivity index (χ1) is 10.2. The van der Waals surface area contributed by atoms with Crippen molar-refractivity contribution in [3.63, 3.8) is 0 Å². The number of carbonyl (C=O) groups excluding carboxylic acids is 1. The van der Waals surface area contributed by atoms with Crippen molar-refractivity contribution in [3.05, 3.63) is 34.9 Å². The molecule has 2 saturated heterocycles. The van der Waals surface area contributed by atoms with Crippen LogP contribution < -0.4 is 5.32 Å². The largest absolute Gasteiger partial charge is 0.317 e. The fourth-order valence-corrected chi connectivity index (χ4v) is 4.71. The Labute approximate surface area is 134 Å². The molecule has 5 heteroatoms. The van der Waals surface area contributed by atoms with Gasteiger partial charge in [0.15, 0.2) is 0 Å². The standard InChI is InChI=1S/C16H19ClN2OS/c17-12-5-3-11(4-6-12)14-18-16(7-8-16)15(20)19(14)13-2-1-9-21-10-13/h3-6,13-14,18H,1-2,7-10H2. The van der Waals surface area contributed by atoms with Crippen LogP contribution in [0, 0.1) is 0 Å². The van der Waals surface area contributed by atoms with Gasteiger partial charge in [-0.2, -0.15) is 11.8 Å². The van der Waals surface area contributed by atoms with E-state index in [1.807, 2.05) is 36.0 Å². The lowest BCUT2D eigenvalue weighted by Crippen LogP contribution is -2.43. The maximum absolute atomic E-state index is 12.9. The molecule has 1 aromatic rings. The van der Waals surface area contributed by atoms with Gasteiger partial charge in [0.2, 0.25) is 5.91 Å². The number of nitrogens with one attached hydrogen (secondary N) is 1. The van der Waals surface area contributed by atoms with E-state index in [2.05, 4.69) is 10.2 Å². The number of rotatable bonds is 2. The second kappa shape index (κ2) is 5.18. The lowest BCUT2D eigenvalue weighted by molar-refractivity contribution is -0.132. The SMILES string of the molecule is O=C1N(C2CCCSC2)C(c2ccc(Cl)cc2)NC12CC2. The Balaban J connectivity index is 1.66. The van der Waals surface area contributed by atoms with Gasteiger partial charge in [0.1, 0.15) is 11.7 Å². The molecule has 1 N–H and O–H groups in total. The Morgan fingerprint density at radius 2 is 2.05 bits per heavy atom. The summed E-state index contributed by atoms with van der Waals surface area (Å²) in [5, 5.41) is 4.34. The summed E-state index contributed by atoms with van der Waals surface area (Å²) in [6.45, 7) is 0. The molecule has 112 valence electrons. The van der Waals surface area contributed by atoms with Gasteiger partial charge in [0.05, 0.1) is 0 Å². The molecular weight excluding hydrogens is 304 g/mol. The number of benzene rings is 1. The summed E-state index contributed by atoms with van der Waals surface area (Å²) < 4.78 is 0. The monoisotopic (exact) mass is 322 g/mol. The molecule has 1 saturated carbocycles. The minimum absolute atomic E-state index is 0.0148. The van der Waals surface area contributed by atoms with Gasteiger partial charge in [-0.1, -0.05) is 23.7 Å². The van der Waals surface area contributed by atoms with E-state index in [1.54, 1.807) is 0 Å². The molecule has 0 radical (unpaired) electrons. The maximum Gasteiger partial charge on any atom is 0.244 e. The Bertz CT molecular complexity index is 552. The van der Waals surface area contributed by atoms with E-state index < -0.39 is 0 Å². The number of hydrogen-bond acceptors (Lipinski definition) is 3. The van der Waals surface area contributed by atoms with Crippen molar-refractivity contribution in [1.29, 1.82) is 0 Å². The summed E-state index contributed by atoms with van der Waals surface area (Å²) >= 11 is 7.97. The highest BCUT2D eigenvalue weighted by molar-refractivity contribution is 7.99. The minimum atomic E-state index is -0.258. The third-order valence-corrected chi connectivity index (χ3v) is 6.25. The molecular formula is C16H19ClN2OS. The van der Waals surface area contributed by atoms with E-state index in [4.69, 9.17) is 11.6 Å². The van der Waals surface area contributed by atoms with E-state index in [-0.39, 0.29) is 11.7 Å². The smallest absolute Gasteiger partial charge is 0.244 e. The molecule has 0 bridgehead atoms. The lowest BCUT2D eigenvalue weighted by atomic mass is 10.1. The lowest BCUT2D eigenvalue weighted by Gasteiger charge is -2.35. The van der Waals surface area contributed by atoms with Crippen molar-refractivity contribution in [3.8, 4) is 0 Å². The van der Waals surface area contributed by atoms with E-state index in [0.717, 1.165) is 35.6 Å². The fraction of sp³-hybridized carbons (Fsp3) is 0.562. The molecule has 2 atom stereocenters. The molecule has 3 fully saturated rings. The molecule has 3 nitrogen and oxygen atoms in total. The van der Waals surface area contributed by atoms with Gasteiger partial charge in [-0.25, -0.2) is 0 Å². The summed E-state index contributed by atoms with van der Waals surface area (Å²) in [6, 6.07) is 8.27. The van der Waals surface area contributed by atoms with Crippen molar-refractivity contribution in [2.24, 2.45) is 0 Å². The Hall–Kier alpha value is -0.710. The zero-order chi connectivity index (χ0) is 14.4. The van der Waals surface area contributed by atoms with Gasteiger partial charge in [-0.15, -0.1) is 0 Å². The third-order valence-electron chi connectivity index (χ3n) is 4.80. The molecule has 1 aromatic carbocycles. The second-order valence-electron chi connectivity index (χ2n) is 6.26. The maximum atomic E-state index is 12.9. The molecule has 1 aliphatic carbocycles. The van der Waals surface area contributed by atoms with Gasteiger partial charge in [0, 0.05) is 16.8 Å². The Kier molecular flexibility index (Phi) is 3.43. The number of nitrogens with zero attached hydrogens (tertiary/aromatic N) is 1. The number of amides is 1. The van der Waals surface area contributed by atoms with Crippen molar-refractivity contribution in [2.45, 2.75) is 43.4 Å². The zero-order valence-electron chi connectivity index (χ0n) is 11.8. The molecule has 4 rings (SSSR count). The number of hydrogen-bond donors (Lipinski definition) is 1. The summed E-state index contributed by atoms with van der Waals surface area (Å²) in [6.07, 6.45) is 4.31. The summed E-state index contributed by atoms with van der Waals surface area (Å²) in [5.41, 5.74) is 0.888. The summed E-state index contributed by atoms with van der Waals surface area (Å²) in [7, 11) is 0. The van der Waals surface area contributed by atoms with E-state index in [1.165, 1.54) is 12.2 Å². The highest BCUT2D eigenvalue weighted by Gasteiger charge is 2.60. The zero-order valence-corrected chi connectivity index (χ0v) is 13.4. The van der Waals surface area contributed by atoms with Crippen molar-refractivity contribution < 1.29 is 4.79 Å². The fourth-order valence-electron chi connectivity index (χ4n) is 3.45. The molecule has 2 aliphatic heterocycles. The van der Waals surface area contributed by atoms with E-state index in [0.29, 0.717) is 11.9 Å². The highest BCUT2D eigenvalue weighted by atomic mass is 35.5. The Morgan fingerprint density at radius 3 is 2.67 bits per heavy atom. The van der Waals surface area contributed by atoms with Crippen LogP contribution in [0.25, 0.3) is 0 Å². The predicted molar refractivity (Wildman–Crippen MR) is 86.5 cm³/mol. The van der Waals surface area contributed by atoms with E-state index >= 15 is 0 Å². The molecule has 1 amide bonds. The molecule has 3 aliphatic rings. The summed E-state index contributed by atoms with van der Waals surface area (Å²) in [5.74, 6) is 2.60. The molecule has 0 aromatic heterocycles. The number of thioether (sulfide) groups is 1. The molecule has 1 spiro atoms. The number of carbonyl (C=O) groups is 1. The van der Waals surface area contributed by atoms with Crippen LogP contribution in [0.4, 0.5) is 0 Å². The van der Waals surface area contributed by atoms with Crippen LogP contribution in [0.15, 0.2) is 24.3 Å². The Morgan fingerprint density at radius 1 is 1.29 bits per heavy atom. The van der Waals surface area contributed by atoms with Gasteiger partial charge >= 0.3 is 0 Å². The van der Waals surface area contributed by atoms with Crippen LogP contribution >= 0.6 is 23.4 Å². The molecule has 2 unspecified atom stereocenters. The van der Waals surface area contributed by atoms with Crippen LogP contribution in [0.3, 0.4) is 0 Å². The molecule has 21 heavy (non-hydrogen) atoms. The van der Waals surface area contributed by atoms with Crippen molar-refractivity contribution in [2.75, 3.05) is 11.5 Å². The van der Waals surface area contributed by atoms with Crippen LogP contribution in [0.1, 0.15) is 37.4 Å². The van der Waals surface area contributed by atoms with Crippen LogP contribution in [-0.2, 0) is 4.79 Å². The van der Waals surface area contributed by atoms with Crippen molar-refractivity contribution >= 4 is 29.3 Å². The van der Waals surface area contributed by atoms with Crippen LogP contribution in [0.2, 0.25) is 5.02 Å². The first kappa shape index (κ1) is 13.9. The first-order valence-electron chi connectivity index (χ1n) is 7.63. The average molecular weight is 323 g/mol. The van der Waals surface area contributed by atoms with E-state index in [9.17, 15) is 4.79 Å². The predicted octanol–water partition coefficient (Wildman–Crippen LogP) is 3.20. The van der Waals surface area contributed by atoms with Gasteiger partial charge in [-0.3, -0.25) is 10.1 Å². The minimum Gasteiger partial charge on any atom is -0.317 e. The quantitative estimate of drug-likeness (QED) is 0.907. The first-order valence-corrected chi connectivity index (χ1v) is 9.17. The average Bonchev–Trinajstić information content (AvgIpc) is 3.23. The highest BCUT2D eigenvalue weighted by Crippen LogP contribution is 2.47. The van der Waals surface area contributed by atoms with Gasteiger partial charge in [-0.05, 0) is 49.1 Å². The molecule has 2 heterocycles. The second-order valence-corrected chi connectivity index (χ2v) is 7.85. The normalized spacial score (nSPS) is 30.9. The summed E-state index contributed by atoms with van der Waals surface area (Å²) in [4.78, 5) is 15.0. The number of halogens is 1. The van der Waals surface area contributed by atoms with Gasteiger partial charge in [0.25, 0.3) is 0 Å². The van der Waals surface area contributed by atoms with Gasteiger partial charge < -0.3 is 4.90 Å². The van der Waals surface area contributed by atoms with Crippen LogP contribution in [0.5, 0.6) is 0 Å². The third kappa shape index (κ3) is 2.37. The van der Waals surface area contributed by atoms with Crippen LogP contribution in [-0.4, -0.2) is 33.9 Å².